The van der Waals surface area contributed by atoms with E-state index >= 15 is 0 Å². The van der Waals surface area contributed by atoms with Crippen molar-refractivity contribution in [3.8, 4) is 11.1 Å². The summed E-state index contributed by atoms with van der Waals surface area (Å²) in [7, 11) is 0. The van der Waals surface area contributed by atoms with Crippen molar-refractivity contribution < 1.29 is 38.0 Å². The summed E-state index contributed by atoms with van der Waals surface area (Å²) < 4.78 is 6.47. The van der Waals surface area contributed by atoms with Crippen LogP contribution in [-0.2, 0) is 16.0 Å². The Morgan fingerprint density at radius 2 is 1.38 bits per heavy atom. The topological polar surface area (TPSA) is 26.3 Å². The molecule has 0 bridgehead atoms. The first kappa shape index (κ1) is 22.6. The van der Waals surface area contributed by atoms with Gasteiger partial charge in [-0.2, -0.15) is 0 Å². The van der Waals surface area contributed by atoms with E-state index in [1.54, 1.807) is 0 Å². The number of carbonyl (C=O) groups excluding carboxylic acids is 1. The fraction of sp³-hybridized carbons (Fsp3) is 0.409. The van der Waals surface area contributed by atoms with Gasteiger partial charge in [0.15, 0.2) is 0 Å². The molecule has 2 aromatic rings. The smallest absolute Gasteiger partial charge is 0.310 e. The first-order valence-electron chi connectivity index (χ1n) is 9.27. The molecule has 0 atom stereocenters. The highest BCUT2D eigenvalue weighted by molar-refractivity contribution is 5.73. The first-order chi connectivity index (χ1) is 12.1. The molecule has 0 fully saturated rings. The summed E-state index contributed by atoms with van der Waals surface area (Å²) in [6.07, 6.45) is 0.333. The molecule has 0 unspecified atom stereocenters. The molecule has 0 aliphatic heterocycles. The maximum absolute atomic E-state index is 12.1. The zero-order valence-electron chi connectivity index (χ0n) is 16.1. The monoisotopic (exact) mass is 467 g/mol. The van der Waals surface area contributed by atoms with Crippen LogP contribution < -0.4 is 24.0 Å². The Morgan fingerprint density at radius 3 is 1.92 bits per heavy atom. The standard InChI is InChI=1S/C22H30NO2.HI/c1-4-23(5-2,6-3)16-17-25-22(24)18-19-12-14-21(15-13-19)20-10-8-7-9-11-20;/h7-15H,4-6,16-18H2,1-3H3;1H/q+1;/p-1. The molecule has 0 radical (unpaired) electrons. The zero-order chi connectivity index (χ0) is 18.1. The maximum atomic E-state index is 12.1. The van der Waals surface area contributed by atoms with Crippen LogP contribution in [0.5, 0.6) is 0 Å². The molecule has 0 aliphatic carbocycles. The van der Waals surface area contributed by atoms with Crippen LogP contribution in [0.2, 0.25) is 0 Å². The van der Waals surface area contributed by atoms with Gasteiger partial charge in [0.25, 0.3) is 0 Å². The van der Waals surface area contributed by atoms with Gasteiger partial charge >= 0.3 is 5.97 Å². The van der Waals surface area contributed by atoms with Crippen LogP contribution in [0, 0.1) is 0 Å². The SMILES string of the molecule is CC[N+](CC)(CC)CCOC(=O)Cc1ccc(-c2ccccc2)cc1.[I-]. The van der Waals surface area contributed by atoms with Crippen LogP contribution in [0.4, 0.5) is 0 Å². The Morgan fingerprint density at radius 1 is 0.846 bits per heavy atom. The molecular formula is C22H30INO2. The molecule has 2 rings (SSSR count). The molecular weight excluding hydrogens is 437 g/mol. The third kappa shape index (κ3) is 6.40. The number of likely N-dealkylation sites (N-methyl/N-ethyl adjacent to an activating group) is 1. The van der Waals surface area contributed by atoms with Gasteiger partial charge in [-0.05, 0) is 37.5 Å². The van der Waals surface area contributed by atoms with Gasteiger partial charge in [-0.15, -0.1) is 0 Å². The number of halogens is 1. The van der Waals surface area contributed by atoms with Crippen molar-refractivity contribution in [1.29, 1.82) is 0 Å². The number of hydrogen-bond donors (Lipinski definition) is 0. The van der Waals surface area contributed by atoms with Gasteiger partial charge in [-0.3, -0.25) is 4.79 Å². The van der Waals surface area contributed by atoms with E-state index in [1.165, 1.54) is 5.56 Å². The van der Waals surface area contributed by atoms with Gasteiger partial charge in [-0.1, -0.05) is 54.6 Å². The summed E-state index contributed by atoms with van der Waals surface area (Å²) in [6.45, 7) is 11.2. The molecule has 0 aromatic heterocycles. The third-order valence-corrected chi connectivity index (χ3v) is 5.25. The van der Waals surface area contributed by atoms with E-state index in [2.05, 4.69) is 45.0 Å². The fourth-order valence-electron chi connectivity index (χ4n) is 3.16. The van der Waals surface area contributed by atoms with E-state index in [1.807, 2.05) is 30.3 Å². The lowest BCUT2D eigenvalue weighted by atomic mass is 10.0. The summed E-state index contributed by atoms with van der Waals surface area (Å²) in [5, 5.41) is 0. The van der Waals surface area contributed by atoms with E-state index < -0.39 is 0 Å². The van der Waals surface area contributed by atoms with Crippen LogP contribution in [-0.4, -0.2) is 43.2 Å². The minimum atomic E-state index is -0.145. The summed E-state index contributed by atoms with van der Waals surface area (Å²) in [6, 6.07) is 18.4. The highest BCUT2D eigenvalue weighted by Crippen LogP contribution is 2.19. The van der Waals surface area contributed by atoms with Crippen molar-refractivity contribution in [3.63, 3.8) is 0 Å². The van der Waals surface area contributed by atoms with Crippen LogP contribution in [0.1, 0.15) is 26.3 Å². The lowest BCUT2D eigenvalue weighted by Gasteiger charge is -2.35. The van der Waals surface area contributed by atoms with Gasteiger partial charge in [0.1, 0.15) is 13.2 Å². The molecule has 4 heteroatoms. The molecule has 0 spiro atoms. The second-order valence-corrected chi connectivity index (χ2v) is 6.47. The summed E-state index contributed by atoms with van der Waals surface area (Å²) in [4.78, 5) is 12.1. The molecule has 26 heavy (non-hydrogen) atoms. The number of ether oxygens (including phenoxy) is 1. The lowest BCUT2D eigenvalue weighted by Crippen LogP contribution is -3.00. The largest absolute Gasteiger partial charge is 1.00 e. The van der Waals surface area contributed by atoms with Crippen molar-refractivity contribution in [2.24, 2.45) is 0 Å². The van der Waals surface area contributed by atoms with E-state index in [0.717, 1.165) is 41.8 Å². The molecule has 142 valence electrons. The molecule has 0 saturated carbocycles. The Bertz CT molecular complexity index is 643. The van der Waals surface area contributed by atoms with Crippen molar-refractivity contribution in [2.75, 3.05) is 32.8 Å². The van der Waals surface area contributed by atoms with Crippen molar-refractivity contribution in [2.45, 2.75) is 27.2 Å². The number of benzene rings is 2. The maximum Gasteiger partial charge on any atom is 0.310 e. The molecule has 2 aromatic carbocycles. The fourth-order valence-corrected chi connectivity index (χ4v) is 3.16. The summed E-state index contributed by atoms with van der Waals surface area (Å²) in [5.41, 5.74) is 3.34. The predicted octanol–water partition coefficient (Wildman–Crippen LogP) is 1.32. The molecule has 0 saturated heterocycles. The predicted molar refractivity (Wildman–Crippen MR) is 103 cm³/mol. The highest BCUT2D eigenvalue weighted by atomic mass is 127. The minimum absolute atomic E-state index is 0. The Hall–Kier alpha value is -1.40. The molecule has 0 amide bonds. The van der Waals surface area contributed by atoms with Gasteiger partial charge in [0.05, 0.1) is 26.1 Å². The normalized spacial score (nSPS) is 10.9. The molecule has 3 nitrogen and oxygen atoms in total. The van der Waals surface area contributed by atoms with E-state index in [0.29, 0.717) is 13.0 Å². The number of nitrogens with zero attached hydrogens (tertiary/aromatic N) is 1. The average Bonchev–Trinajstić information content (AvgIpc) is 2.67. The second kappa shape index (κ2) is 11.3. The highest BCUT2D eigenvalue weighted by Gasteiger charge is 2.20. The van der Waals surface area contributed by atoms with Gasteiger partial charge in [-0.25, -0.2) is 0 Å². The zero-order valence-corrected chi connectivity index (χ0v) is 18.2. The van der Waals surface area contributed by atoms with E-state index in [4.69, 9.17) is 4.74 Å². The van der Waals surface area contributed by atoms with Crippen LogP contribution in [0.15, 0.2) is 54.6 Å². The molecule has 0 aliphatic rings. The quantitative estimate of drug-likeness (QED) is 0.316. The third-order valence-electron chi connectivity index (χ3n) is 5.25. The van der Waals surface area contributed by atoms with Crippen molar-refractivity contribution in [1.82, 2.24) is 0 Å². The minimum Gasteiger partial charge on any atom is -1.00 e. The van der Waals surface area contributed by atoms with Crippen LogP contribution in [0.3, 0.4) is 0 Å². The van der Waals surface area contributed by atoms with Crippen molar-refractivity contribution >= 4 is 5.97 Å². The first-order valence-corrected chi connectivity index (χ1v) is 9.27. The number of rotatable bonds is 9. The Kier molecular flexibility index (Phi) is 9.88. The van der Waals surface area contributed by atoms with Gasteiger partial charge < -0.3 is 33.2 Å². The number of esters is 1. The average molecular weight is 467 g/mol. The number of quaternary nitrogens is 1. The molecule has 0 N–H and O–H groups in total. The van der Waals surface area contributed by atoms with E-state index in [-0.39, 0.29) is 29.9 Å². The Balaban J connectivity index is 0.00000338. The number of carbonyl (C=O) groups is 1. The van der Waals surface area contributed by atoms with Gasteiger partial charge in [0, 0.05) is 0 Å². The van der Waals surface area contributed by atoms with Crippen LogP contribution in [0.25, 0.3) is 11.1 Å². The van der Waals surface area contributed by atoms with Crippen LogP contribution >= 0.6 is 0 Å². The van der Waals surface area contributed by atoms with Gasteiger partial charge in [0.2, 0.25) is 0 Å². The van der Waals surface area contributed by atoms with E-state index in [9.17, 15) is 4.79 Å². The summed E-state index contributed by atoms with van der Waals surface area (Å²) >= 11 is 0. The summed E-state index contributed by atoms with van der Waals surface area (Å²) in [5.74, 6) is -0.145. The molecule has 0 heterocycles. The Labute approximate surface area is 175 Å². The lowest BCUT2D eigenvalue weighted by molar-refractivity contribution is -0.923. The van der Waals surface area contributed by atoms with Crippen molar-refractivity contribution in [3.05, 3.63) is 60.2 Å². The second-order valence-electron chi connectivity index (χ2n) is 6.47. The number of hydrogen-bond acceptors (Lipinski definition) is 2.